The smallest absolute Gasteiger partial charge is 0.276 e. The van der Waals surface area contributed by atoms with Crippen LogP contribution in [0.15, 0.2) is 45.3 Å². The van der Waals surface area contributed by atoms with Crippen LogP contribution in [0.4, 0.5) is 0 Å². The predicted octanol–water partition coefficient (Wildman–Crippen LogP) is 3.03. The third-order valence-corrected chi connectivity index (χ3v) is 5.47. The van der Waals surface area contributed by atoms with Crippen LogP contribution < -0.4 is 11.2 Å². The molecule has 7 heteroatoms. The van der Waals surface area contributed by atoms with Crippen molar-refractivity contribution in [1.82, 2.24) is 18.7 Å². The zero-order valence-electron chi connectivity index (χ0n) is 14.8. The summed E-state index contributed by atoms with van der Waals surface area (Å²) in [4.78, 5) is 25.8. The van der Waals surface area contributed by atoms with Crippen LogP contribution >= 0.6 is 11.3 Å². The average molecular weight is 368 g/mol. The van der Waals surface area contributed by atoms with Gasteiger partial charge in [0.25, 0.3) is 5.56 Å². The molecule has 0 saturated carbocycles. The molecule has 0 fully saturated rings. The van der Waals surface area contributed by atoms with E-state index in [-0.39, 0.29) is 11.2 Å². The van der Waals surface area contributed by atoms with Crippen molar-refractivity contribution >= 4 is 27.3 Å². The maximum atomic E-state index is 13.0. The molecule has 0 bridgehead atoms. The van der Waals surface area contributed by atoms with E-state index in [0.717, 1.165) is 18.4 Å². The van der Waals surface area contributed by atoms with E-state index < -0.39 is 0 Å². The fourth-order valence-corrected chi connectivity index (χ4v) is 3.95. The topological polar surface area (TPSA) is 61.3 Å². The van der Waals surface area contributed by atoms with E-state index in [2.05, 4.69) is 12.0 Å². The molecule has 134 valence electrons. The van der Waals surface area contributed by atoms with E-state index in [1.807, 2.05) is 42.6 Å². The second-order valence-electron chi connectivity index (χ2n) is 6.51. The van der Waals surface area contributed by atoms with E-state index in [0.29, 0.717) is 29.1 Å². The Kier molecular flexibility index (Phi) is 4.24. The lowest BCUT2D eigenvalue weighted by Crippen LogP contribution is -2.25. The summed E-state index contributed by atoms with van der Waals surface area (Å²) < 4.78 is 5.25. The van der Waals surface area contributed by atoms with E-state index in [1.54, 1.807) is 8.97 Å². The Morgan fingerprint density at radius 3 is 2.62 bits per heavy atom. The zero-order chi connectivity index (χ0) is 18.3. The van der Waals surface area contributed by atoms with Gasteiger partial charge in [-0.2, -0.15) is 0 Å². The second-order valence-corrected chi connectivity index (χ2v) is 7.42. The van der Waals surface area contributed by atoms with Gasteiger partial charge >= 0.3 is 5.69 Å². The van der Waals surface area contributed by atoms with Crippen molar-refractivity contribution in [1.29, 1.82) is 0 Å². The molecule has 0 amide bonds. The summed E-state index contributed by atoms with van der Waals surface area (Å²) in [5.41, 5.74) is 2.54. The number of aromatic nitrogens is 4. The van der Waals surface area contributed by atoms with Gasteiger partial charge in [0.15, 0.2) is 0 Å². The quantitative estimate of drug-likeness (QED) is 0.544. The van der Waals surface area contributed by atoms with Crippen molar-refractivity contribution < 1.29 is 0 Å². The van der Waals surface area contributed by atoms with Crippen LogP contribution in [-0.4, -0.2) is 18.7 Å². The van der Waals surface area contributed by atoms with Crippen molar-refractivity contribution in [3.63, 3.8) is 0 Å². The lowest BCUT2D eigenvalue weighted by molar-refractivity contribution is 0.613. The molecule has 6 nitrogen and oxygen atoms in total. The summed E-state index contributed by atoms with van der Waals surface area (Å²) in [6.07, 6.45) is 1.83. The summed E-state index contributed by atoms with van der Waals surface area (Å²) in [5, 5.41) is 6.35. The molecule has 0 saturated heterocycles. The number of fused-ring (bicyclic) bond motifs is 3. The van der Waals surface area contributed by atoms with Gasteiger partial charge in [0, 0.05) is 6.54 Å². The number of benzene rings is 1. The first-order valence-corrected chi connectivity index (χ1v) is 9.63. The van der Waals surface area contributed by atoms with E-state index in [4.69, 9.17) is 0 Å². The molecular weight excluding hydrogens is 348 g/mol. The SMILES string of the molecule is CCCCn1c(=O)c2sccc2n2c(=O)n(Cc3ccc(C)cc3)nc12. The van der Waals surface area contributed by atoms with Crippen LogP contribution in [0.3, 0.4) is 0 Å². The van der Waals surface area contributed by atoms with Crippen LogP contribution in [0.5, 0.6) is 0 Å². The first-order chi connectivity index (χ1) is 12.6. The van der Waals surface area contributed by atoms with Gasteiger partial charge in [0.2, 0.25) is 5.78 Å². The monoisotopic (exact) mass is 368 g/mol. The number of thiophene rings is 1. The molecule has 0 aliphatic rings. The van der Waals surface area contributed by atoms with Gasteiger partial charge in [-0.3, -0.25) is 9.36 Å². The van der Waals surface area contributed by atoms with Gasteiger partial charge in [-0.1, -0.05) is 43.2 Å². The van der Waals surface area contributed by atoms with Crippen LogP contribution in [0, 0.1) is 6.92 Å². The highest BCUT2D eigenvalue weighted by atomic mass is 32.1. The Morgan fingerprint density at radius 1 is 1.12 bits per heavy atom. The average Bonchev–Trinajstić information content (AvgIpc) is 3.23. The summed E-state index contributed by atoms with van der Waals surface area (Å²) in [6.45, 7) is 5.05. The Balaban J connectivity index is 1.93. The van der Waals surface area contributed by atoms with Crippen LogP contribution in [0.25, 0.3) is 16.0 Å². The van der Waals surface area contributed by atoms with Crippen molar-refractivity contribution in [2.75, 3.05) is 0 Å². The lowest BCUT2D eigenvalue weighted by Gasteiger charge is -2.06. The summed E-state index contributed by atoms with van der Waals surface area (Å²) in [7, 11) is 0. The minimum absolute atomic E-state index is 0.0663. The standard InChI is InChI=1S/C19H20N4O2S/c1-3-4-10-21-17(24)16-15(9-11-26-16)23-18(21)20-22(19(23)25)12-14-7-5-13(2)6-8-14/h5-9,11H,3-4,10,12H2,1-2H3. The number of unbranched alkanes of at least 4 members (excludes halogenated alkanes) is 1. The highest BCUT2D eigenvalue weighted by molar-refractivity contribution is 7.17. The summed E-state index contributed by atoms with van der Waals surface area (Å²) in [6, 6.07) is 9.85. The van der Waals surface area contributed by atoms with Gasteiger partial charge in [-0.25, -0.2) is 13.9 Å². The third kappa shape index (κ3) is 2.68. The van der Waals surface area contributed by atoms with E-state index >= 15 is 0 Å². The molecule has 0 N–H and O–H groups in total. The van der Waals surface area contributed by atoms with E-state index in [1.165, 1.54) is 21.6 Å². The molecule has 4 rings (SSSR count). The molecule has 0 unspecified atom stereocenters. The van der Waals surface area contributed by atoms with Gasteiger partial charge in [0.1, 0.15) is 4.70 Å². The first-order valence-electron chi connectivity index (χ1n) is 8.75. The molecule has 0 spiro atoms. The lowest BCUT2D eigenvalue weighted by atomic mass is 10.1. The molecular formula is C19H20N4O2S. The number of nitrogens with zero attached hydrogens (tertiary/aromatic N) is 4. The molecule has 3 heterocycles. The third-order valence-electron chi connectivity index (χ3n) is 4.58. The minimum atomic E-state index is -0.214. The van der Waals surface area contributed by atoms with Crippen molar-refractivity contribution in [2.45, 2.75) is 39.8 Å². The normalized spacial score (nSPS) is 11.6. The maximum Gasteiger partial charge on any atom is 0.352 e. The van der Waals surface area contributed by atoms with Crippen molar-refractivity contribution in [3.8, 4) is 0 Å². The molecule has 4 aromatic rings. The largest absolute Gasteiger partial charge is 0.352 e. The fourth-order valence-electron chi connectivity index (χ4n) is 3.12. The number of hydrogen-bond acceptors (Lipinski definition) is 4. The van der Waals surface area contributed by atoms with Crippen molar-refractivity contribution in [3.05, 3.63) is 67.7 Å². The van der Waals surface area contributed by atoms with Crippen LogP contribution in [0.2, 0.25) is 0 Å². The van der Waals surface area contributed by atoms with Gasteiger partial charge in [-0.15, -0.1) is 16.4 Å². The molecule has 3 aromatic heterocycles. The maximum absolute atomic E-state index is 13.0. The predicted molar refractivity (Wildman–Crippen MR) is 104 cm³/mol. The van der Waals surface area contributed by atoms with Crippen LogP contribution in [-0.2, 0) is 13.1 Å². The Labute approximate surface area is 153 Å². The minimum Gasteiger partial charge on any atom is -0.276 e. The molecule has 0 aliphatic heterocycles. The number of hydrogen-bond donors (Lipinski definition) is 0. The van der Waals surface area contributed by atoms with Gasteiger partial charge < -0.3 is 0 Å². The molecule has 1 aromatic carbocycles. The summed E-state index contributed by atoms with van der Waals surface area (Å²) in [5.74, 6) is 0.423. The number of rotatable bonds is 5. The fraction of sp³-hybridized carbons (Fsp3) is 0.316. The first kappa shape index (κ1) is 16.8. The Hall–Kier alpha value is -2.67. The molecule has 0 radical (unpaired) electrons. The Morgan fingerprint density at radius 2 is 1.88 bits per heavy atom. The highest BCUT2D eigenvalue weighted by Gasteiger charge is 2.18. The highest BCUT2D eigenvalue weighted by Crippen LogP contribution is 2.17. The van der Waals surface area contributed by atoms with Gasteiger partial charge in [-0.05, 0) is 30.4 Å². The van der Waals surface area contributed by atoms with Crippen molar-refractivity contribution in [2.24, 2.45) is 0 Å². The summed E-state index contributed by atoms with van der Waals surface area (Å²) >= 11 is 1.37. The Bertz CT molecular complexity index is 1190. The van der Waals surface area contributed by atoms with Gasteiger partial charge in [0.05, 0.1) is 12.1 Å². The zero-order valence-corrected chi connectivity index (χ0v) is 15.6. The molecule has 0 atom stereocenters. The number of aryl methyl sites for hydroxylation is 2. The van der Waals surface area contributed by atoms with Crippen LogP contribution in [0.1, 0.15) is 30.9 Å². The molecule has 0 aliphatic carbocycles. The van der Waals surface area contributed by atoms with E-state index in [9.17, 15) is 9.59 Å². The second kappa shape index (κ2) is 6.57. The molecule has 26 heavy (non-hydrogen) atoms.